The molecule has 0 radical (unpaired) electrons. The summed E-state index contributed by atoms with van der Waals surface area (Å²) in [5.41, 5.74) is 4.56. The molecule has 1 fully saturated rings. The SMILES string of the molecule is CC(C)C1=C([C@H](O)CC/C(=C/c2ccc(O)c3ccccc23)c2ccccc2)[C@H](CO)[C@@H]2C(=O)N(CCCCCC(=O)O)C(=O)[C@@H]2C1. The van der Waals surface area contributed by atoms with E-state index in [1.54, 1.807) is 6.07 Å². The van der Waals surface area contributed by atoms with Gasteiger partial charge in [0, 0.05) is 24.3 Å². The van der Waals surface area contributed by atoms with Gasteiger partial charge in [-0.3, -0.25) is 19.3 Å². The number of aromatic hydroxyl groups is 1. The molecule has 3 aromatic carbocycles. The Morgan fingerprint density at radius 2 is 1.62 bits per heavy atom. The molecule has 0 aromatic heterocycles. The molecular weight excluding hydrogens is 594 g/mol. The molecule has 1 saturated heterocycles. The smallest absolute Gasteiger partial charge is 0.303 e. The number of fused-ring (bicyclic) bond motifs is 2. The summed E-state index contributed by atoms with van der Waals surface area (Å²) in [5, 5.41) is 43.6. The Morgan fingerprint density at radius 1 is 0.915 bits per heavy atom. The van der Waals surface area contributed by atoms with Gasteiger partial charge in [-0.25, -0.2) is 0 Å². The third-order valence-corrected chi connectivity index (χ3v) is 9.83. The van der Waals surface area contributed by atoms with Crippen molar-refractivity contribution in [1.29, 1.82) is 0 Å². The van der Waals surface area contributed by atoms with Crippen LogP contribution in [0.1, 0.15) is 69.9 Å². The lowest BCUT2D eigenvalue weighted by molar-refractivity contribution is -0.141. The zero-order valence-electron chi connectivity index (χ0n) is 27.1. The van der Waals surface area contributed by atoms with Gasteiger partial charge in [0.2, 0.25) is 11.8 Å². The van der Waals surface area contributed by atoms with Gasteiger partial charge in [-0.2, -0.15) is 0 Å². The summed E-state index contributed by atoms with van der Waals surface area (Å²) in [6, 6.07) is 21.2. The number of hydrogen-bond donors (Lipinski definition) is 4. The molecule has 47 heavy (non-hydrogen) atoms. The van der Waals surface area contributed by atoms with E-state index in [1.807, 2.05) is 74.5 Å². The number of phenols is 1. The second kappa shape index (κ2) is 15.1. The summed E-state index contributed by atoms with van der Waals surface area (Å²) in [6.07, 6.45) is 4.05. The number of aliphatic hydroxyl groups is 2. The number of rotatable bonds is 14. The highest BCUT2D eigenvalue weighted by atomic mass is 16.4. The van der Waals surface area contributed by atoms with Crippen molar-refractivity contribution in [2.75, 3.05) is 13.2 Å². The van der Waals surface area contributed by atoms with Crippen molar-refractivity contribution in [3.8, 4) is 5.75 Å². The van der Waals surface area contributed by atoms with Gasteiger partial charge in [-0.1, -0.05) is 92.6 Å². The summed E-state index contributed by atoms with van der Waals surface area (Å²) in [6.45, 7) is 3.91. The van der Waals surface area contributed by atoms with E-state index >= 15 is 0 Å². The molecule has 0 spiro atoms. The first kappa shape index (κ1) is 34.1. The number of carbonyl (C=O) groups excluding carboxylic acids is 2. The molecule has 1 heterocycles. The second-order valence-electron chi connectivity index (χ2n) is 13.1. The molecule has 0 saturated carbocycles. The summed E-state index contributed by atoms with van der Waals surface area (Å²) < 4.78 is 0. The van der Waals surface area contributed by atoms with E-state index in [-0.39, 0.29) is 43.1 Å². The van der Waals surface area contributed by atoms with Crippen molar-refractivity contribution in [2.24, 2.45) is 23.7 Å². The predicted octanol–water partition coefficient (Wildman–Crippen LogP) is 6.44. The fourth-order valence-corrected chi connectivity index (χ4v) is 7.47. The molecule has 1 aliphatic heterocycles. The van der Waals surface area contributed by atoms with Crippen LogP contribution in [0.25, 0.3) is 22.4 Å². The van der Waals surface area contributed by atoms with Gasteiger partial charge >= 0.3 is 5.97 Å². The number of carboxylic acid groups (broad SMARTS) is 1. The number of allylic oxidation sites excluding steroid dienone is 2. The average molecular weight is 640 g/mol. The van der Waals surface area contributed by atoms with E-state index in [1.165, 1.54) is 4.90 Å². The Kier molecular flexibility index (Phi) is 10.9. The molecular formula is C39H45NO7. The molecule has 3 aromatic rings. The summed E-state index contributed by atoms with van der Waals surface area (Å²) in [4.78, 5) is 39.3. The fourth-order valence-electron chi connectivity index (χ4n) is 7.47. The highest BCUT2D eigenvalue weighted by Crippen LogP contribution is 2.48. The van der Waals surface area contributed by atoms with Gasteiger partial charge in [-0.15, -0.1) is 0 Å². The number of imide groups is 1. The molecule has 4 atom stereocenters. The minimum absolute atomic E-state index is 0.00937. The number of amides is 2. The number of hydrogen-bond acceptors (Lipinski definition) is 6. The lowest BCUT2D eigenvalue weighted by atomic mass is 9.66. The molecule has 8 heteroatoms. The monoisotopic (exact) mass is 639 g/mol. The van der Waals surface area contributed by atoms with Gasteiger partial charge in [0.1, 0.15) is 5.75 Å². The van der Waals surface area contributed by atoms with E-state index in [4.69, 9.17) is 5.11 Å². The third kappa shape index (κ3) is 7.34. The van der Waals surface area contributed by atoms with Crippen molar-refractivity contribution in [1.82, 2.24) is 4.90 Å². The molecule has 0 bridgehead atoms. The first-order chi connectivity index (χ1) is 22.6. The standard InChI is InChI=1S/C39H45NO7/c1-24(2)30-22-31-37(39(47)40(38(31)46)20-10-4-7-15-35(44)45)32(23-41)36(30)34(43)19-16-26(25-11-5-3-6-12-25)21-27-17-18-33(42)29-14-9-8-13-28(27)29/h3,5-6,8-9,11-14,17-18,21,24,31-32,34,37,41-43H,4,7,10,15-16,19-20,22-23H2,1-2H3,(H,44,45)/b26-21-/t31-,32+,34-,37-/m1/s1. The number of carbonyl (C=O) groups is 3. The Morgan fingerprint density at radius 3 is 2.30 bits per heavy atom. The number of unbranched alkanes of at least 4 members (excludes halogenated alkanes) is 2. The molecule has 8 nitrogen and oxygen atoms in total. The topological polar surface area (TPSA) is 135 Å². The normalized spacial score (nSPS) is 20.7. The van der Waals surface area contributed by atoms with Crippen LogP contribution in [-0.4, -0.2) is 62.4 Å². The zero-order chi connectivity index (χ0) is 33.7. The van der Waals surface area contributed by atoms with Crippen LogP contribution < -0.4 is 0 Å². The van der Waals surface area contributed by atoms with Crippen molar-refractivity contribution >= 4 is 40.2 Å². The maximum atomic E-state index is 13.7. The van der Waals surface area contributed by atoms with Crippen LogP contribution >= 0.6 is 0 Å². The fraction of sp³-hybridized carbons (Fsp3) is 0.410. The minimum Gasteiger partial charge on any atom is -0.507 e. The van der Waals surface area contributed by atoms with Gasteiger partial charge in [0.25, 0.3) is 0 Å². The van der Waals surface area contributed by atoms with E-state index in [9.17, 15) is 29.7 Å². The lowest BCUT2D eigenvalue weighted by Crippen LogP contribution is -2.40. The predicted molar refractivity (Wildman–Crippen MR) is 182 cm³/mol. The molecule has 5 rings (SSSR count). The number of likely N-dealkylation sites (tertiary alicyclic amines) is 1. The van der Waals surface area contributed by atoms with Gasteiger partial charge < -0.3 is 20.4 Å². The molecule has 2 aliphatic rings. The quantitative estimate of drug-likeness (QED) is 0.0690. The number of nitrogens with zero attached hydrogens (tertiary/aromatic N) is 1. The zero-order valence-corrected chi connectivity index (χ0v) is 27.1. The minimum atomic E-state index is -0.929. The molecule has 248 valence electrons. The van der Waals surface area contributed by atoms with Crippen molar-refractivity contribution in [3.63, 3.8) is 0 Å². The van der Waals surface area contributed by atoms with Crippen molar-refractivity contribution in [3.05, 3.63) is 89.0 Å². The number of aliphatic carboxylic acids is 1. The maximum absolute atomic E-state index is 13.7. The molecule has 2 amide bonds. The van der Waals surface area contributed by atoms with Crippen LogP contribution in [0, 0.1) is 23.7 Å². The Labute approximate surface area is 276 Å². The Bertz CT molecular complexity index is 1680. The van der Waals surface area contributed by atoms with E-state index in [2.05, 4.69) is 6.08 Å². The summed E-state index contributed by atoms with van der Waals surface area (Å²) in [5.74, 6) is -3.16. The van der Waals surface area contributed by atoms with Crippen molar-refractivity contribution < 1.29 is 34.8 Å². The lowest BCUT2D eigenvalue weighted by Gasteiger charge is -2.38. The molecule has 1 aliphatic carbocycles. The second-order valence-corrected chi connectivity index (χ2v) is 13.1. The summed E-state index contributed by atoms with van der Waals surface area (Å²) in [7, 11) is 0. The van der Waals surface area contributed by atoms with E-state index in [0.717, 1.165) is 33.0 Å². The number of benzene rings is 3. The third-order valence-electron chi connectivity index (χ3n) is 9.83. The van der Waals surface area contributed by atoms with Crippen LogP contribution in [0.3, 0.4) is 0 Å². The van der Waals surface area contributed by atoms with Crippen LogP contribution in [0.5, 0.6) is 5.75 Å². The van der Waals surface area contributed by atoms with Gasteiger partial charge in [0.15, 0.2) is 0 Å². The molecule has 4 N–H and O–H groups in total. The average Bonchev–Trinajstić information content (AvgIpc) is 3.31. The molecule has 0 unspecified atom stereocenters. The number of aliphatic hydroxyl groups excluding tert-OH is 2. The van der Waals surface area contributed by atoms with E-state index < -0.39 is 29.8 Å². The maximum Gasteiger partial charge on any atom is 0.303 e. The van der Waals surface area contributed by atoms with Crippen molar-refractivity contribution in [2.45, 2.75) is 64.9 Å². The van der Waals surface area contributed by atoms with E-state index in [0.29, 0.717) is 44.1 Å². The number of carboxylic acids is 1. The highest BCUT2D eigenvalue weighted by Gasteiger charge is 2.54. The van der Waals surface area contributed by atoms with Crippen LogP contribution in [0.15, 0.2) is 77.9 Å². The number of phenolic OH excluding ortho intramolecular Hbond substituents is 1. The van der Waals surface area contributed by atoms with Gasteiger partial charge in [0.05, 0.1) is 24.5 Å². The van der Waals surface area contributed by atoms with Crippen LogP contribution in [-0.2, 0) is 14.4 Å². The van der Waals surface area contributed by atoms with Crippen LogP contribution in [0.2, 0.25) is 0 Å². The van der Waals surface area contributed by atoms with Gasteiger partial charge in [-0.05, 0) is 71.7 Å². The first-order valence-electron chi connectivity index (χ1n) is 16.7. The first-order valence-corrected chi connectivity index (χ1v) is 16.7. The highest BCUT2D eigenvalue weighted by molar-refractivity contribution is 6.06. The van der Waals surface area contributed by atoms with Crippen LogP contribution in [0.4, 0.5) is 0 Å². The summed E-state index contributed by atoms with van der Waals surface area (Å²) >= 11 is 0. The Balaban J connectivity index is 1.40. The largest absolute Gasteiger partial charge is 0.507 e. The Hall–Kier alpha value is -4.27.